The number of halogens is 4. The minimum Gasteiger partial charge on any atom is -0.497 e. The third-order valence-corrected chi connectivity index (χ3v) is 15.9. The number of benzene rings is 4. The minimum absolute atomic E-state index is 0.106. The largest absolute Gasteiger partial charge is 0.497 e. The first-order valence-electron chi connectivity index (χ1n) is 19.2. The molecule has 0 aliphatic carbocycles. The number of likely N-dealkylation sites (tertiary alicyclic amines) is 2. The van der Waals surface area contributed by atoms with Crippen LogP contribution in [0.15, 0.2) is 94.7 Å². The van der Waals surface area contributed by atoms with Crippen molar-refractivity contribution in [2.75, 3.05) is 60.0 Å². The van der Waals surface area contributed by atoms with Gasteiger partial charge < -0.3 is 19.3 Å². The van der Waals surface area contributed by atoms with Crippen LogP contribution in [-0.2, 0) is 24.8 Å². The second-order valence-electron chi connectivity index (χ2n) is 15.8. The van der Waals surface area contributed by atoms with Gasteiger partial charge in [0, 0.05) is 62.2 Å². The highest BCUT2D eigenvalue weighted by Gasteiger charge is 2.51. The molecule has 2 amide bonds. The molecule has 0 radical (unpaired) electrons. The van der Waals surface area contributed by atoms with Crippen molar-refractivity contribution in [3.05, 3.63) is 119 Å². The van der Waals surface area contributed by atoms with Gasteiger partial charge in [0.1, 0.15) is 11.5 Å². The SMILES string of the molecule is COc1ccc(S(=O)(=O)N2CCC3(CC2)CN(C(=O)c2ccc(F)c(F)c2)C3)cc1.COc1ccc(S(=O)(=O)N2CCC3(CC2c2ccc(F)c(F)c2)CN(C=O)C3)cc1. The monoisotopic (exact) mass is 872 g/mol. The van der Waals surface area contributed by atoms with Crippen LogP contribution in [0.3, 0.4) is 0 Å². The van der Waals surface area contributed by atoms with Crippen LogP contribution in [0, 0.1) is 34.1 Å². The number of amides is 2. The van der Waals surface area contributed by atoms with Crippen LogP contribution in [0.4, 0.5) is 17.6 Å². The molecule has 4 aromatic rings. The summed E-state index contributed by atoms with van der Waals surface area (Å²) in [6.07, 6.45) is 3.08. The summed E-state index contributed by atoms with van der Waals surface area (Å²) in [6, 6.07) is 18.3. The van der Waals surface area contributed by atoms with E-state index in [1.807, 2.05) is 0 Å². The van der Waals surface area contributed by atoms with Crippen molar-refractivity contribution in [2.45, 2.75) is 41.5 Å². The van der Waals surface area contributed by atoms with Crippen molar-refractivity contribution >= 4 is 32.4 Å². The van der Waals surface area contributed by atoms with Crippen LogP contribution in [-0.4, -0.2) is 108 Å². The van der Waals surface area contributed by atoms with E-state index >= 15 is 0 Å². The van der Waals surface area contributed by atoms with E-state index in [4.69, 9.17) is 9.47 Å². The lowest BCUT2D eigenvalue weighted by molar-refractivity contribution is -0.133. The number of methoxy groups -OCH3 is 2. The molecule has 60 heavy (non-hydrogen) atoms. The molecule has 4 heterocycles. The Hall–Kier alpha value is -5.04. The second-order valence-corrected chi connectivity index (χ2v) is 19.6. The Bertz CT molecular complexity index is 2450. The molecule has 4 aromatic carbocycles. The zero-order chi connectivity index (χ0) is 43.0. The molecule has 18 heteroatoms. The van der Waals surface area contributed by atoms with Crippen LogP contribution >= 0.6 is 0 Å². The number of hydrogen-bond donors (Lipinski definition) is 0. The van der Waals surface area contributed by atoms with Gasteiger partial charge in [-0.25, -0.2) is 34.4 Å². The van der Waals surface area contributed by atoms with Crippen molar-refractivity contribution in [3.8, 4) is 11.5 Å². The minimum atomic E-state index is -3.88. The van der Waals surface area contributed by atoms with Gasteiger partial charge in [-0.3, -0.25) is 9.59 Å². The molecular weight excluding hydrogens is 829 g/mol. The van der Waals surface area contributed by atoms with Gasteiger partial charge in [-0.05, 0) is 110 Å². The zero-order valence-electron chi connectivity index (χ0n) is 32.9. The Labute approximate surface area is 346 Å². The Kier molecular flexibility index (Phi) is 12.0. The summed E-state index contributed by atoms with van der Waals surface area (Å²) in [4.78, 5) is 27.1. The maximum atomic E-state index is 14.0. The van der Waals surface area contributed by atoms with Crippen molar-refractivity contribution < 1.29 is 53.5 Å². The van der Waals surface area contributed by atoms with E-state index in [9.17, 15) is 44.0 Å². The molecule has 2 spiro atoms. The lowest BCUT2D eigenvalue weighted by atomic mass is 9.69. The van der Waals surface area contributed by atoms with Crippen LogP contribution in [0.5, 0.6) is 11.5 Å². The van der Waals surface area contributed by atoms with E-state index < -0.39 is 49.4 Å². The van der Waals surface area contributed by atoms with Crippen molar-refractivity contribution in [3.63, 3.8) is 0 Å². The molecular formula is C42H44F4N4O8S2. The molecule has 1 atom stereocenters. The first-order chi connectivity index (χ1) is 28.5. The number of piperidine rings is 2. The molecule has 0 bridgehead atoms. The van der Waals surface area contributed by atoms with Gasteiger partial charge in [0.2, 0.25) is 26.5 Å². The maximum Gasteiger partial charge on any atom is 0.253 e. The van der Waals surface area contributed by atoms with Gasteiger partial charge in [-0.2, -0.15) is 8.61 Å². The standard InChI is InChI=1S/2C21H22F2N2O4S/c1-29-16-3-5-17(6-4-16)30(27,28)25-10-8-21(9-11-25)13-24(14-21)20(26)15-2-7-18(22)19(23)12-15;1-29-16-3-5-17(6-4-16)30(27,28)25-9-8-21(12-24(13-21)14-26)11-20(25)15-2-7-18(22)19(23)10-15/h2-7,12H,8-11,13-14H2,1H3;2-7,10,14,20H,8-9,11-13H2,1H3. The first kappa shape index (κ1) is 43.1. The predicted octanol–water partition coefficient (Wildman–Crippen LogP) is 5.86. The van der Waals surface area contributed by atoms with E-state index in [0.29, 0.717) is 82.0 Å². The lowest BCUT2D eigenvalue weighted by Crippen LogP contribution is -2.62. The summed E-state index contributed by atoms with van der Waals surface area (Å²) < 4.78 is 119. The average Bonchev–Trinajstić information content (AvgIpc) is 3.23. The quantitative estimate of drug-likeness (QED) is 0.151. The van der Waals surface area contributed by atoms with Crippen LogP contribution in [0.2, 0.25) is 0 Å². The molecule has 4 fully saturated rings. The van der Waals surface area contributed by atoms with Crippen LogP contribution < -0.4 is 9.47 Å². The van der Waals surface area contributed by atoms with Crippen molar-refractivity contribution in [2.24, 2.45) is 10.8 Å². The Morgan fingerprint density at radius 3 is 1.68 bits per heavy atom. The van der Waals surface area contributed by atoms with Crippen LogP contribution in [0.1, 0.15) is 47.6 Å². The van der Waals surface area contributed by atoms with Gasteiger partial charge >= 0.3 is 0 Å². The number of sulfonamides is 2. The molecule has 12 nitrogen and oxygen atoms in total. The highest BCUT2D eigenvalue weighted by atomic mass is 32.2. The molecule has 4 aliphatic rings. The van der Waals surface area contributed by atoms with E-state index in [1.165, 1.54) is 59.2 Å². The third kappa shape index (κ3) is 8.47. The highest BCUT2D eigenvalue weighted by Crippen LogP contribution is 2.49. The van der Waals surface area contributed by atoms with E-state index in [-0.39, 0.29) is 38.6 Å². The Morgan fingerprint density at radius 2 is 1.17 bits per heavy atom. The lowest BCUT2D eigenvalue weighted by Gasteiger charge is -2.54. The van der Waals surface area contributed by atoms with Gasteiger partial charge in [0.25, 0.3) is 5.91 Å². The fraction of sp³-hybridized carbons (Fsp3) is 0.381. The topological polar surface area (TPSA) is 134 Å². The third-order valence-electron chi connectivity index (χ3n) is 12.0. The van der Waals surface area contributed by atoms with Gasteiger partial charge in [-0.15, -0.1) is 0 Å². The van der Waals surface area contributed by atoms with E-state index in [1.54, 1.807) is 34.1 Å². The van der Waals surface area contributed by atoms with Gasteiger partial charge in [0.05, 0.1) is 30.1 Å². The van der Waals surface area contributed by atoms with Crippen molar-refractivity contribution in [1.82, 2.24) is 18.4 Å². The summed E-state index contributed by atoms with van der Waals surface area (Å²) in [5.41, 5.74) is 0.167. The fourth-order valence-electron chi connectivity index (χ4n) is 8.60. The molecule has 0 aromatic heterocycles. The Balaban J connectivity index is 0.000000181. The average molecular weight is 873 g/mol. The maximum absolute atomic E-state index is 14.0. The molecule has 4 saturated heterocycles. The normalized spacial score (nSPS) is 20.1. The Morgan fingerprint density at radius 1 is 0.650 bits per heavy atom. The summed E-state index contributed by atoms with van der Waals surface area (Å²) in [7, 11) is -4.45. The van der Waals surface area contributed by atoms with Crippen LogP contribution in [0.25, 0.3) is 0 Å². The number of carbonyl (C=O) groups is 2. The fourth-order valence-corrected chi connectivity index (χ4v) is 11.7. The zero-order valence-corrected chi connectivity index (χ0v) is 34.5. The number of rotatable bonds is 9. The summed E-state index contributed by atoms with van der Waals surface area (Å²) in [6.45, 7) is 3.02. The molecule has 320 valence electrons. The van der Waals surface area contributed by atoms with Gasteiger partial charge in [0.15, 0.2) is 23.3 Å². The molecule has 8 rings (SSSR count). The van der Waals surface area contributed by atoms with E-state index in [0.717, 1.165) is 30.7 Å². The van der Waals surface area contributed by atoms with E-state index in [2.05, 4.69) is 0 Å². The number of hydrogen-bond acceptors (Lipinski definition) is 8. The first-order valence-corrected chi connectivity index (χ1v) is 22.1. The van der Waals surface area contributed by atoms with Gasteiger partial charge in [-0.1, -0.05) is 6.07 Å². The summed E-state index contributed by atoms with van der Waals surface area (Å²) >= 11 is 0. The second kappa shape index (κ2) is 16.8. The molecule has 0 saturated carbocycles. The number of ether oxygens (including phenoxy) is 2. The predicted molar refractivity (Wildman–Crippen MR) is 211 cm³/mol. The number of nitrogens with zero attached hydrogens (tertiary/aromatic N) is 4. The summed E-state index contributed by atoms with van der Waals surface area (Å²) in [5.74, 6) is -3.25. The highest BCUT2D eigenvalue weighted by molar-refractivity contribution is 7.89. The molecule has 4 aliphatic heterocycles. The summed E-state index contributed by atoms with van der Waals surface area (Å²) in [5, 5.41) is 0. The molecule has 1 unspecified atom stereocenters. The van der Waals surface area contributed by atoms with Crippen molar-refractivity contribution in [1.29, 1.82) is 0 Å². The smallest absolute Gasteiger partial charge is 0.253 e. The molecule has 0 N–H and O–H groups in total. The number of carbonyl (C=O) groups excluding carboxylic acids is 2.